The number of carboxylic acids is 1. The zero-order valence-electron chi connectivity index (χ0n) is 16.8. The molecule has 0 saturated heterocycles. The van der Waals surface area contributed by atoms with E-state index in [2.05, 4.69) is 10.1 Å². The maximum absolute atomic E-state index is 14.9. The van der Waals surface area contributed by atoms with Crippen LogP contribution in [0.2, 0.25) is 0 Å². The van der Waals surface area contributed by atoms with E-state index in [4.69, 9.17) is 0 Å². The molecule has 0 radical (unpaired) electrons. The fraction of sp³-hybridized carbons (Fsp3) is 0.286. The Balaban J connectivity index is 1.83. The fourth-order valence-corrected chi connectivity index (χ4v) is 4.53. The minimum absolute atomic E-state index is 0.0788. The number of carbonyl (C=O) groups excluding carboxylic acids is 1. The van der Waals surface area contributed by atoms with E-state index in [9.17, 15) is 42.6 Å². The van der Waals surface area contributed by atoms with Crippen molar-refractivity contribution in [2.45, 2.75) is 35.8 Å². The van der Waals surface area contributed by atoms with E-state index in [-0.39, 0.29) is 12.1 Å². The Kier molecular flexibility index (Phi) is 6.58. The molecule has 0 aromatic heterocycles. The molecule has 3 atom stereocenters. The molecule has 3 unspecified atom stereocenters. The number of alkyl halides is 3. The zero-order valence-corrected chi connectivity index (χ0v) is 17.6. The molecule has 1 amide bonds. The standard InChI is InChI=1S/C21H16F4N2O5S/c1-20(10-3-2-4-11(7-10)32-21(23,24)25)6-5-13(12(22)8-20)27-17(28)15-14(9-26)33-19(31)16(15)18(29)30/h2-5,7-8,14,19,31H,6H2,1H3,(H,27,28)(H,29,30). The molecule has 3 N–H and O–H groups in total. The minimum atomic E-state index is -4.89. The summed E-state index contributed by atoms with van der Waals surface area (Å²) in [5.74, 6) is -4.01. The summed E-state index contributed by atoms with van der Waals surface area (Å²) in [6.07, 6.45) is -2.40. The summed E-state index contributed by atoms with van der Waals surface area (Å²) in [5, 5.41) is 29.2. The number of allylic oxidation sites excluding steroid dienone is 3. The van der Waals surface area contributed by atoms with Gasteiger partial charge in [-0.25, -0.2) is 9.18 Å². The predicted molar refractivity (Wildman–Crippen MR) is 108 cm³/mol. The summed E-state index contributed by atoms with van der Waals surface area (Å²) in [6, 6.07) is 6.79. The van der Waals surface area contributed by atoms with Gasteiger partial charge in [-0.05, 0) is 30.2 Å². The third-order valence-corrected chi connectivity index (χ3v) is 6.17. The minimum Gasteiger partial charge on any atom is -0.478 e. The SMILES string of the molecule is CC1(c2cccc(OC(F)(F)F)c2)C=C(F)C(NC(=O)C2=C(C(=O)O)C(O)SC2C#N)=CC1. The molecular weight excluding hydrogens is 468 g/mol. The molecule has 1 aromatic carbocycles. The van der Waals surface area contributed by atoms with E-state index in [1.165, 1.54) is 18.2 Å². The smallest absolute Gasteiger partial charge is 0.478 e. The Morgan fingerprint density at radius 3 is 2.61 bits per heavy atom. The van der Waals surface area contributed by atoms with Gasteiger partial charge in [0.1, 0.15) is 22.3 Å². The summed E-state index contributed by atoms with van der Waals surface area (Å²) in [7, 11) is 0. The molecule has 0 saturated carbocycles. The van der Waals surface area contributed by atoms with Crippen LogP contribution in [-0.4, -0.2) is 39.1 Å². The number of ether oxygens (including phenoxy) is 1. The van der Waals surface area contributed by atoms with Gasteiger partial charge in [0.25, 0.3) is 5.91 Å². The number of benzene rings is 1. The number of hydrogen-bond donors (Lipinski definition) is 3. The number of aliphatic carboxylic acids is 1. The largest absolute Gasteiger partial charge is 0.573 e. The number of rotatable bonds is 5. The molecule has 12 heteroatoms. The van der Waals surface area contributed by atoms with Gasteiger partial charge >= 0.3 is 12.3 Å². The molecule has 33 heavy (non-hydrogen) atoms. The number of nitrogens with zero attached hydrogens (tertiary/aromatic N) is 1. The highest BCUT2D eigenvalue weighted by atomic mass is 32.2. The Hall–Kier alpha value is -3.30. The van der Waals surface area contributed by atoms with Crippen molar-refractivity contribution in [2.24, 2.45) is 0 Å². The summed E-state index contributed by atoms with van der Waals surface area (Å²) < 4.78 is 56.3. The van der Waals surface area contributed by atoms with Crippen molar-refractivity contribution in [1.82, 2.24) is 5.32 Å². The molecule has 1 aliphatic carbocycles. The van der Waals surface area contributed by atoms with Gasteiger partial charge in [0, 0.05) is 5.41 Å². The number of aliphatic hydroxyl groups is 1. The van der Waals surface area contributed by atoms with Gasteiger partial charge in [-0.2, -0.15) is 5.26 Å². The molecule has 0 fully saturated rings. The lowest BCUT2D eigenvalue weighted by molar-refractivity contribution is -0.274. The second-order valence-electron chi connectivity index (χ2n) is 7.39. The first-order valence-corrected chi connectivity index (χ1v) is 10.3. The molecule has 0 bridgehead atoms. The Labute approximate surface area is 189 Å². The number of amides is 1. The van der Waals surface area contributed by atoms with Crippen LogP contribution in [-0.2, 0) is 15.0 Å². The number of carboxylic acid groups (broad SMARTS) is 1. The number of carbonyl (C=O) groups is 2. The van der Waals surface area contributed by atoms with Crippen LogP contribution in [0.1, 0.15) is 18.9 Å². The van der Waals surface area contributed by atoms with Gasteiger partial charge < -0.3 is 20.3 Å². The van der Waals surface area contributed by atoms with E-state index >= 15 is 0 Å². The van der Waals surface area contributed by atoms with Crippen molar-refractivity contribution in [3.05, 3.63) is 64.7 Å². The number of aliphatic hydroxyl groups excluding tert-OH is 1. The molecule has 2 aliphatic rings. The van der Waals surface area contributed by atoms with Gasteiger partial charge in [0.05, 0.1) is 22.9 Å². The molecular formula is C21H16F4N2O5S. The van der Waals surface area contributed by atoms with E-state index in [0.29, 0.717) is 17.3 Å². The first kappa shape index (κ1) is 24.3. The van der Waals surface area contributed by atoms with Gasteiger partial charge in [-0.3, -0.25) is 4.79 Å². The number of hydrogen-bond acceptors (Lipinski definition) is 6. The van der Waals surface area contributed by atoms with Gasteiger partial charge in [0.2, 0.25) is 0 Å². The average molecular weight is 484 g/mol. The van der Waals surface area contributed by atoms with E-state index in [1.807, 2.05) is 0 Å². The Bertz CT molecular complexity index is 1140. The summed E-state index contributed by atoms with van der Waals surface area (Å²) in [5.41, 5.74) is -3.76. The normalized spacial score (nSPS) is 25.1. The van der Waals surface area contributed by atoms with Gasteiger partial charge in [0.15, 0.2) is 0 Å². The van der Waals surface area contributed by atoms with Crippen LogP contribution in [0, 0.1) is 11.3 Å². The van der Waals surface area contributed by atoms with E-state index in [1.54, 1.807) is 13.0 Å². The third kappa shape index (κ3) is 5.20. The first-order chi connectivity index (χ1) is 15.3. The van der Waals surface area contributed by atoms with Gasteiger partial charge in [-0.1, -0.05) is 25.1 Å². The van der Waals surface area contributed by atoms with Crippen molar-refractivity contribution >= 4 is 23.6 Å². The van der Waals surface area contributed by atoms with Crippen LogP contribution in [0.4, 0.5) is 17.6 Å². The number of nitrogens with one attached hydrogen (secondary N) is 1. The maximum atomic E-state index is 14.9. The highest BCUT2D eigenvalue weighted by molar-refractivity contribution is 8.01. The average Bonchev–Trinajstić information content (AvgIpc) is 3.06. The highest BCUT2D eigenvalue weighted by Gasteiger charge is 2.41. The zero-order chi connectivity index (χ0) is 24.6. The number of nitriles is 1. The Morgan fingerprint density at radius 2 is 2.03 bits per heavy atom. The molecule has 1 aromatic rings. The van der Waals surface area contributed by atoms with Gasteiger partial charge in [-0.15, -0.1) is 24.9 Å². The van der Waals surface area contributed by atoms with Crippen LogP contribution in [0.25, 0.3) is 0 Å². The lowest BCUT2D eigenvalue weighted by Crippen LogP contribution is -2.32. The molecule has 174 valence electrons. The monoisotopic (exact) mass is 484 g/mol. The van der Waals surface area contributed by atoms with E-state index < -0.39 is 57.1 Å². The second kappa shape index (κ2) is 8.92. The molecule has 3 rings (SSSR count). The van der Waals surface area contributed by atoms with Crippen molar-refractivity contribution in [3.63, 3.8) is 0 Å². The maximum Gasteiger partial charge on any atom is 0.573 e. The summed E-state index contributed by atoms with van der Waals surface area (Å²) in [4.78, 5) is 24.0. The van der Waals surface area contributed by atoms with Crippen LogP contribution in [0.15, 0.2) is 59.1 Å². The summed E-state index contributed by atoms with van der Waals surface area (Å²) in [6.45, 7) is 1.58. The second-order valence-corrected chi connectivity index (χ2v) is 8.58. The predicted octanol–water partition coefficient (Wildman–Crippen LogP) is 3.44. The topological polar surface area (TPSA) is 120 Å². The van der Waals surface area contributed by atoms with Crippen LogP contribution in [0.3, 0.4) is 0 Å². The summed E-state index contributed by atoms with van der Waals surface area (Å²) >= 11 is 0.562. The van der Waals surface area contributed by atoms with Crippen LogP contribution < -0.4 is 10.1 Å². The van der Waals surface area contributed by atoms with Crippen molar-refractivity contribution in [3.8, 4) is 11.8 Å². The van der Waals surface area contributed by atoms with Crippen molar-refractivity contribution in [2.75, 3.05) is 0 Å². The van der Waals surface area contributed by atoms with Crippen molar-refractivity contribution in [1.29, 1.82) is 5.26 Å². The van der Waals surface area contributed by atoms with E-state index in [0.717, 1.165) is 18.2 Å². The molecule has 1 heterocycles. The van der Waals surface area contributed by atoms with Crippen LogP contribution >= 0.6 is 11.8 Å². The molecule has 1 aliphatic heterocycles. The third-order valence-electron chi connectivity index (χ3n) is 5.06. The molecule has 7 nitrogen and oxygen atoms in total. The van der Waals surface area contributed by atoms with Crippen LogP contribution in [0.5, 0.6) is 5.75 Å². The molecule has 0 spiro atoms. The first-order valence-electron chi connectivity index (χ1n) is 9.31. The fourth-order valence-electron chi connectivity index (χ4n) is 3.47. The number of halogens is 4. The lowest BCUT2D eigenvalue weighted by Gasteiger charge is -2.30. The quantitative estimate of drug-likeness (QED) is 0.548. The lowest BCUT2D eigenvalue weighted by atomic mass is 9.76. The Morgan fingerprint density at radius 1 is 1.33 bits per heavy atom. The number of thioether (sulfide) groups is 1. The highest BCUT2D eigenvalue weighted by Crippen LogP contribution is 2.40. The van der Waals surface area contributed by atoms with Crippen molar-refractivity contribution < 1.29 is 42.1 Å².